The van der Waals surface area contributed by atoms with Gasteiger partial charge in [-0.3, -0.25) is 0 Å². The molecular weight excluding hydrogens is 512 g/mol. The van der Waals surface area contributed by atoms with Gasteiger partial charge in [-0.05, 0) is 31.7 Å². The number of hydrogen-bond acceptors (Lipinski definition) is 0. The lowest BCUT2D eigenvalue weighted by atomic mass is 10.0. The van der Waals surface area contributed by atoms with Crippen LogP contribution in [0.3, 0.4) is 0 Å². The molecule has 0 atom stereocenters. The van der Waals surface area contributed by atoms with Gasteiger partial charge >= 0.3 is 12.4 Å². The van der Waals surface area contributed by atoms with Crippen LogP contribution < -0.4 is 4.90 Å². The minimum absolute atomic E-state index is 0.115. The number of rotatable bonds is 23. The normalized spacial score (nSPS) is 12.5. The van der Waals surface area contributed by atoms with Gasteiger partial charge in [0, 0.05) is 12.1 Å². The molecule has 1 aromatic carbocycles. The van der Waals surface area contributed by atoms with Crippen LogP contribution in [0.2, 0.25) is 0 Å². The summed E-state index contributed by atoms with van der Waals surface area (Å²) in [6, 6.07) is 2.09. The summed E-state index contributed by atoms with van der Waals surface area (Å²) in [5, 5.41) is 0. The number of benzene rings is 1. The number of alkyl halides is 6. The topological polar surface area (TPSA) is 4.44 Å². The fourth-order valence-electron chi connectivity index (χ4n) is 5.22. The lowest BCUT2D eigenvalue weighted by Gasteiger charge is -2.22. The predicted octanol–water partition coefficient (Wildman–Crippen LogP) is 11.1. The molecule has 1 aromatic rings. The maximum Gasteiger partial charge on any atom is 0.416 e. The van der Waals surface area contributed by atoms with Gasteiger partial charge in [0.25, 0.3) is 0 Å². The summed E-state index contributed by atoms with van der Waals surface area (Å²) in [7, 11) is 0. The Bertz CT molecular complexity index is 672. The second kappa shape index (κ2) is 20.6. The summed E-state index contributed by atoms with van der Waals surface area (Å²) in [5.74, 6) is 0. The molecule has 0 aliphatic carbocycles. The van der Waals surface area contributed by atoms with E-state index in [2.05, 4.69) is 13.8 Å². The third-order valence-corrected chi connectivity index (χ3v) is 7.66. The van der Waals surface area contributed by atoms with E-state index in [1.165, 1.54) is 77.0 Å². The average Bonchev–Trinajstić information content (AvgIpc) is 2.88. The average molecular weight is 567 g/mol. The second-order valence-electron chi connectivity index (χ2n) is 11.3. The Morgan fingerprint density at radius 2 is 0.718 bits per heavy atom. The molecule has 0 aromatic heterocycles. The van der Waals surface area contributed by atoms with E-state index in [4.69, 9.17) is 0 Å². The molecule has 7 heteroatoms. The highest BCUT2D eigenvalue weighted by atomic mass is 19.4. The van der Waals surface area contributed by atoms with Crippen molar-refractivity contribution in [3.8, 4) is 0 Å². The fourth-order valence-corrected chi connectivity index (χ4v) is 5.22. The van der Waals surface area contributed by atoms with E-state index in [1.54, 1.807) is 0 Å². The summed E-state index contributed by atoms with van der Waals surface area (Å²) in [6.07, 6.45) is 13.3. The Hall–Kier alpha value is -1.24. The largest absolute Gasteiger partial charge is 0.416 e. The van der Waals surface area contributed by atoms with Crippen LogP contribution in [0.4, 0.5) is 32.0 Å². The number of quaternary nitrogens is 1. The Morgan fingerprint density at radius 3 is 1.00 bits per heavy atom. The Morgan fingerprint density at radius 1 is 0.436 bits per heavy atom. The molecule has 39 heavy (non-hydrogen) atoms. The van der Waals surface area contributed by atoms with Crippen molar-refractivity contribution in [2.24, 2.45) is 0 Å². The molecule has 0 saturated carbocycles. The van der Waals surface area contributed by atoms with Crippen LogP contribution in [0.5, 0.6) is 0 Å². The summed E-state index contributed by atoms with van der Waals surface area (Å²) >= 11 is 0. The molecule has 228 valence electrons. The van der Waals surface area contributed by atoms with Gasteiger partial charge in [-0.2, -0.15) is 26.3 Å². The van der Waals surface area contributed by atoms with E-state index in [9.17, 15) is 26.3 Å². The van der Waals surface area contributed by atoms with E-state index in [-0.39, 0.29) is 11.8 Å². The number of halogens is 6. The highest BCUT2D eigenvalue weighted by Gasteiger charge is 2.38. The zero-order chi connectivity index (χ0) is 29.0. The van der Waals surface area contributed by atoms with E-state index < -0.39 is 23.5 Å². The van der Waals surface area contributed by atoms with E-state index >= 15 is 0 Å². The van der Waals surface area contributed by atoms with Crippen molar-refractivity contribution in [2.75, 3.05) is 13.1 Å². The van der Waals surface area contributed by atoms with Crippen molar-refractivity contribution in [3.63, 3.8) is 0 Å². The van der Waals surface area contributed by atoms with Crippen LogP contribution in [0.1, 0.15) is 153 Å². The molecule has 0 aliphatic rings. The molecule has 1 N–H and O–H groups in total. The highest BCUT2D eigenvalue weighted by Crippen LogP contribution is 2.36. The molecule has 0 spiro atoms. The van der Waals surface area contributed by atoms with Gasteiger partial charge < -0.3 is 4.90 Å². The minimum Gasteiger partial charge on any atom is -0.302 e. The first-order chi connectivity index (χ1) is 18.6. The molecule has 0 radical (unpaired) electrons. The molecule has 0 aliphatic heterocycles. The number of unbranched alkanes of at least 4 members (excludes halogenated alkanes) is 18. The van der Waals surface area contributed by atoms with E-state index in [0.717, 1.165) is 68.4 Å². The molecule has 0 amide bonds. The van der Waals surface area contributed by atoms with Crippen LogP contribution >= 0.6 is 0 Å². The molecule has 0 fully saturated rings. The van der Waals surface area contributed by atoms with Gasteiger partial charge in [0.2, 0.25) is 0 Å². The SMILES string of the molecule is CCCCCCCCCCCC[NH+](CCCCCCCCCCCC)c1cc(C(F)(F)F)cc(C(F)(F)F)c1. The first-order valence-electron chi connectivity index (χ1n) is 15.7. The van der Waals surface area contributed by atoms with Crippen molar-refractivity contribution in [1.82, 2.24) is 0 Å². The van der Waals surface area contributed by atoms with Gasteiger partial charge in [-0.1, -0.05) is 117 Å². The fraction of sp³-hybridized carbons (Fsp3) is 0.812. The Labute approximate surface area is 234 Å². The summed E-state index contributed by atoms with van der Waals surface area (Å²) < 4.78 is 80.8. The molecule has 0 heterocycles. The van der Waals surface area contributed by atoms with Crippen molar-refractivity contribution < 1.29 is 31.2 Å². The first kappa shape index (κ1) is 35.8. The predicted molar refractivity (Wildman–Crippen MR) is 150 cm³/mol. The lowest BCUT2D eigenvalue weighted by Crippen LogP contribution is -3.07. The minimum atomic E-state index is -4.81. The summed E-state index contributed by atoms with van der Waals surface area (Å²) in [6.45, 7) is 5.52. The van der Waals surface area contributed by atoms with Gasteiger partial charge in [0.1, 0.15) is 5.69 Å². The molecular formula is C32H54F6N+. The zero-order valence-corrected chi connectivity index (χ0v) is 24.6. The monoisotopic (exact) mass is 566 g/mol. The molecule has 0 saturated heterocycles. The highest BCUT2D eigenvalue weighted by molar-refractivity contribution is 5.41. The standard InChI is InChI=1S/C32H53F6N/c1-3-5-7-9-11-13-15-17-19-21-23-39(24-22-20-18-16-14-12-10-8-6-4-2)30-26-28(31(33,34)35)25-29(27-30)32(36,37)38/h25-27H,3-24H2,1-2H3/p+1. The van der Waals surface area contributed by atoms with Gasteiger partial charge in [0.15, 0.2) is 0 Å². The van der Waals surface area contributed by atoms with Crippen molar-refractivity contribution in [1.29, 1.82) is 0 Å². The van der Waals surface area contributed by atoms with Crippen molar-refractivity contribution in [2.45, 2.75) is 155 Å². The van der Waals surface area contributed by atoms with Crippen LogP contribution in [0.25, 0.3) is 0 Å². The zero-order valence-electron chi connectivity index (χ0n) is 24.6. The third-order valence-electron chi connectivity index (χ3n) is 7.66. The smallest absolute Gasteiger partial charge is 0.302 e. The number of hydrogen-bond donors (Lipinski definition) is 1. The Balaban J connectivity index is 2.67. The quantitative estimate of drug-likeness (QED) is 0.0992. The van der Waals surface area contributed by atoms with Crippen LogP contribution in [0.15, 0.2) is 18.2 Å². The molecule has 1 rings (SSSR count). The summed E-state index contributed by atoms with van der Waals surface area (Å²) in [5.41, 5.74) is -2.31. The molecule has 0 unspecified atom stereocenters. The second-order valence-corrected chi connectivity index (χ2v) is 11.3. The van der Waals surface area contributed by atoms with Crippen molar-refractivity contribution >= 4 is 5.69 Å². The van der Waals surface area contributed by atoms with Crippen LogP contribution in [0, 0.1) is 0 Å². The first-order valence-corrected chi connectivity index (χ1v) is 15.7. The Kier molecular flexibility index (Phi) is 18.9. The lowest BCUT2D eigenvalue weighted by molar-refractivity contribution is -0.833. The van der Waals surface area contributed by atoms with Crippen LogP contribution in [-0.2, 0) is 12.4 Å². The van der Waals surface area contributed by atoms with Crippen molar-refractivity contribution in [3.05, 3.63) is 29.3 Å². The van der Waals surface area contributed by atoms with Gasteiger partial charge in [-0.15, -0.1) is 0 Å². The third kappa shape index (κ3) is 17.2. The van der Waals surface area contributed by atoms with Gasteiger partial charge in [-0.25, -0.2) is 0 Å². The summed E-state index contributed by atoms with van der Waals surface area (Å²) in [4.78, 5) is 0.741. The van der Waals surface area contributed by atoms with E-state index in [0.29, 0.717) is 13.1 Å². The molecule has 1 nitrogen and oxygen atoms in total. The maximum absolute atomic E-state index is 13.5. The van der Waals surface area contributed by atoms with Gasteiger partial charge in [0.05, 0.1) is 24.2 Å². The molecule has 0 bridgehead atoms. The maximum atomic E-state index is 13.5. The number of nitrogens with one attached hydrogen (secondary N) is 1. The van der Waals surface area contributed by atoms with E-state index in [1.807, 2.05) is 0 Å². The van der Waals surface area contributed by atoms with Crippen LogP contribution in [-0.4, -0.2) is 13.1 Å².